The van der Waals surface area contributed by atoms with Crippen LogP contribution in [0.3, 0.4) is 0 Å². The fraction of sp³-hybridized carbons (Fsp3) is 0.360. The monoisotopic (exact) mass is 456 g/mol. The summed E-state index contributed by atoms with van der Waals surface area (Å²) in [6, 6.07) is 8.54. The highest BCUT2D eigenvalue weighted by Crippen LogP contribution is 2.45. The highest BCUT2D eigenvalue weighted by molar-refractivity contribution is 5.99. The van der Waals surface area contributed by atoms with Gasteiger partial charge in [0.25, 0.3) is 0 Å². The van der Waals surface area contributed by atoms with Crippen molar-refractivity contribution in [2.24, 2.45) is 0 Å². The van der Waals surface area contributed by atoms with Gasteiger partial charge >= 0.3 is 6.09 Å². The van der Waals surface area contributed by atoms with E-state index in [9.17, 15) is 15.2 Å². The van der Waals surface area contributed by atoms with Gasteiger partial charge in [-0.05, 0) is 49.3 Å². The van der Waals surface area contributed by atoms with Crippen LogP contribution in [0, 0.1) is 11.3 Å². The van der Waals surface area contributed by atoms with Gasteiger partial charge in [0.2, 0.25) is 5.88 Å². The number of pyridine rings is 1. The smallest absolute Gasteiger partial charge is 0.407 e. The molecule has 172 valence electrons. The van der Waals surface area contributed by atoms with Crippen molar-refractivity contribution in [1.82, 2.24) is 24.8 Å². The van der Waals surface area contributed by atoms with Gasteiger partial charge in [-0.3, -0.25) is 0 Å². The Morgan fingerprint density at radius 1 is 1.21 bits per heavy atom. The number of carbonyl (C=O) groups is 1. The molecule has 1 aliphatic heterocycles. The molecule has 2 fully saturated rings. The van der Waals surface area contributed by atoms with E-state index in [1.165, 1.54) is 10.5 Å². The standard InChI is InChI=1S/C25H24N6O3/c1-34-24-20(22-17(12-27-24)16(11-26)21(30-22)14-2-3-14)23-28-18-5-4-15(10-19(18)29-23)13-6-8-31(9-7-13)25(32)33/h4-5,10,12-14,30H,2-3,6-9H2,1H3,(H,28,29)(H,32,33). The van der Waals surface area contributed by atoms with Crippen molar-refractivity contribution in [2.75, 3.05) is 20.2 Å². The molecule has 34 heavy (non-hydrogen) atoms. The van der Waals surface area contributed by atoms with Crippen LogP contribution >= 0.6 is 0 Å². The van der Waals surface area contributed by atoms with E-state index in [1.807, 2.05) is 6.07 Å². The van der Waals surface area contributed by atoms with Crippen molar-refractivity contribution in [1.29, 1.82) is 5.26 Å². The number of hydrogen-bond acceptors (Lipinski definition) is 5. The van der Waals surface area contributed by atoms with Crippen LogP contribution in [0.25, 0.3) is 33.3 Å². The Bertz CT molecular complexity index is 1470. The number of nitriles is 1. The Balaban J connectivity index is 1.41. The van der Waals surface area contributed by atoms with Crippen LogP contribution in [0.2, 0.25) is 0 Å². The summed E-state index contributed by atoms with van der Waals surface area (Å²) in [5.41, 5.74) is 6.07. The fourth-order valence-electron chi connectivity index (χ4n) is 5.13. The van der Waals surface area contributed by atoms with Crippen LogP contribution in [0.15, 0.2) is 24.4 Å². The van der Waals surface area contributed by atoms with Crippen molar-refractivity contribution < 1.29 is 14.6 Å². The summed E-state index contributed by atoms with van der Waals surface area (Å²) >= 11 is 0. The van der Waals surface area contributed by atoms with Crippen LogP contribution in [0.4, 0.5) is 4.79 Å². The third-order valence-electron chi connectivity index (χ3n) is 7.11. The maximum Gasteiger partial charge on any atom is 0.407 e. The second-order valence-corrected chi connectivity index (χ2v) is 9.14. The molecule has 1 amide bonds. The number of nitrogens with one attached hydrogen (secondary N) is 2. The molecule has 3 aromatic heterocycles. The van der Waals surface area contributed by atoms with Gasteiger partial charge in [0.1, 0.15) is 17.5 Å². The summed E-state index contributed by atoms with van der Waals surface area (Å²) in [5.74, 6) is 1.79. The van der Waals surface area contributed by atoms with Gasteiger partial charge in [0.15, 0.2) is 0 Å². The molecule has 4 aromatic rings. The van der Waals surface area contributed by atoms with Crippen LogP contribution in [0.1, 0.15) is 54.3 Å². The van der Waals surface area contributed by atoms with E-state index in [0.29, 0.717) is 42.2 Å². The minimum absolute atomic E-state index is 0.314. The zero-order chi connectivity index (χ0) is 23.4. The van der Waals surface area contributed by atoms with Crippen molar-refractivity contribution in [3.8, 4) is 23.3 Å². The first-order valence-corrected chi connectivity index (χ1v) is 11.5. The quantitative estimate of drug-likeness (QED) is 0.407. The number of benzene rings is 1. The normalized spacial score (nSPS) is 16.8. The molecule has 0 radical (unpaired) electrons. The lowest BCUT2D eigenvalue weighted by atomic mass is 9.89. The van der Waals surface area contributed by atoms with E-state index in [-0.39, 0.29) is 0 Å². The Morgan fingerprint density at radius 3 is 2.68 bits per heavy atom. The molecule has 2 aliphatic rings. The van der Waals surface area contributed by atoms with Crippen molar-refractivity contribution >= 4 is 28.0 Å². The van der Waals surface area contributed by atoms with Gasteiger partial charge in [0.05, 0.1) is 29.2 Å². The summed E-state index contributed by atoms with van der Waals surface area (Å²) in [4.78, 5) is 28.9. The molecular weight excluding hydrogens is 432 g/mol. The molecule has 4 heterocycles. The number of imidazole rings is 1. The molecule has 0 spiro atoms. The lowest BCUT2D eigenvalue weighted by Crippen LogP contribution is -2.36. The number of piperidine rings is 1. The van der Waals surface area contributed by atoms with Crippen molar-refractivity contribution in [3.05, 3.63) is 41.2 Å². The van der Waals surface area contributed by atoms with E-state index in [2.05, 4.69) is 33.2 Å². The Morgan fingerprint density at radius 2 is 2.00 bits per heavy atom. The number of rotatable bonds is 4. The third kappa shape index (κ3) is 3.25. The SMILES string of the molecule is COc1ncc2c(C#N)c(C3CC3)[nH]c2c1-c1nc2ccc(C3CCN(C(=O)O)CC3)cc2[nH]1. The van der Waals surface area contributed by atoms with E-state index in [0.717, 1.165) is 58.9 Å². The zero-order valence-electron chi connectivity index (χ0n) is 18.8. The largest absolute Gasteiger partial charge is 0.480 e. The molecule has 1 aliphatic carbocycles. The third-order valence-corrected chi connectivity index (χ3v) is 7.11. The number of H-pyrrole nitrogens is 2. The minimum atomic E-state index is -0.849. The van der Waals surface area contributed by atoms with Crippen molar-refractivity contribution in [2.45, 2.75) is 37.5 Å². The fourth-order valence-corrected chi connectivity index (χ4v) is 5.13. The van der Waals surface area contributed by atoms with Crippen LogP contribution < -0.4 is 4.74 Å². The topological polar surface area (TPSA) is 131 Å². The highest BCUT2D eigenvalue weighted by Gasteiger charge is 2.31. The number of methoxy groups -OCH3 is 1. The number of hydrogen-bond donors (Lipinski definition) is 3. The number of ether oxygens (including phenoxy) is 1. The second kappa shape index (κ2) is 7.76. The average Bonchev–Trinajstić information content (AvgIpc) is 3.51. The summed E-state index contributed by atoms with van der Waals surface area (Å²) in [6.45, 7) is 1.10. The molecular formula is C25H24N6O3. The Kier molecular flexibility index (Phi) is 4.69. The molecule has 9 nitrogen and oxygen atoms in total. The minimum Gasteiger partial charge on any atom is -0.480 e. The lowest BCUT2D eigenvalue weighted by molar-refractivity contribution is 0.132. The summed E-state index contributed by atoms with van der Waals surface area (Å²) in [7, 11) is 1.58. The number of nitrogens with zero attached hydrogens (tertiary/aromatic N) is 4. The highest BCUT2D eigenvalue weighted by atomic mass is 16.5. The summed E-state index contributed by atoms with van der Waals surface area (Å²) < 4.78 is 5.58. The first-order chi connectivity index (χ1) is 16.6. The predicted octanol–water partition coefficient (Wildman–Crippen LogP) is 4.72. The van der Waals surface area contributed by atoms with E-state index in [4.69, 9.17) is 9.72 Å². The molecule has 1 saturated heterocycles. The van der Waals surface area contributed by atoms with E-state index >= 15 is 0 Å². The average molecular weight is 457 g/mol. The molecule has 1 aromatic carbocycles. The molecule has 1 saturated carbocycles. The maximum absolute atomic E-state index is 11.2. The van der Waals surface area contributed by atoms with Crippen molar-refractivity contribution in [3.63, 3.8) is 0 Å². The number of carboxylic acid groups (broad SMARTS) is 1. The molecule has 9 heteroatoms. The van der Waals surface area contributed by atoms with E-state index in [1.54, 1.807) is 13.3 Å². The Labute approximate surface area is 195 Å². The number of amides is 1. The van der Waals surface area contributed by atoms with Crippen LogP contribution in [-0.4, -0.2) is 56.2 Å². The van der Waals surface area contributed by atoms with Gasteiger partial charge in [-0.2, -0.15) is 5.26 Å². The maximum atomic E-state index is 11.2. The molecule has 3 N–H and O–H groups in total. The number of fused-ring (bicyclic) bond motifs is 2. The van der Waals surface area contributed by atoms with E-state index < -0.39 is 6.09 Å². The van der Waals surface area contributed by atoms with Gasteiger partial charge in [-0.25, -0.2) is 14.8 Å². The second-order valence-electron chi connectivity index (χ2n) is 9.14. The molecule has 0 atom stereocenters. The van der Waals surface area contributed by atoms with Gasteiger partial charge in [0, 0.05) is 36.3 Å². The zero-order valence-corrected chi connectivity index (χ0v) is 18.8. The molecule has 6 rings (SSSR count). The summed E-state index contributed by atoms with van der Waals surface area (Å²) in [5, 5.41) is 19.8. The number of aromatic nitrogens is 4. The number of aromatic amines is 2. The van der Waals surface area contributed by atoms with Gasteiger partial charge < -0.3 is 24.7 Å². The van der Waals surface area contributed by atoms with Crippen LogP contribution in [-0.2, 0) is 0 Å². The molecule has 0 bridgehead atoms. The molecule has 0 unspecified atom stereocenters. The predicted molar refractivity (Wildman–Crippen MR) is 126 cm³/mol. The number of likely N-dealkylation sites (tertiary alicyclic amines) is 1. The first kappa shape index (κ1) is 20.5. The lowest BCUT2D eigenvalue weighted by Gasteiger charge is -2.30. The summed E-state index contributed by atoms with van der Waals surface area (Å²) in [6.07, 6.45) is 4.62. The first-order valence-electron chi connectivity index (χ1n) is 11.5. The Hall–Kier alpha value is -4.06. The van der Waals surface area contributed by atoms with Crippen LogP contribution in [0.5, 0.6) is 5.88 Å². The van der Waals surface area contributed by atoms with Gasteiger partial charge in [-0.1, -0.05) is 6.07 Å². The van der Waals surface area contributed by atoms with Gasteiger partial charge in [-0.15, -0.1) is 0 Å².